The molecule has 2 rings (SSSR count). The maximum absolute atomic E-state index is 12.5. The van der Waals surface area contributed by atoms with Crippen molar-refractivity contribution in [3.05, 3.63) is 51.4 Å². The molecule has 0 unspecified atom stereocenters. The molecule has 0 radical (unpaired) electrons. The number of ether oxygens (including phenoxy) is 1. The first kappa shape index (κ1) is 16.7. The Kier molecular flexibility index (Phi) is 5.14. The van der Waals surface area contributed by atoms with Crippen molar-refractivity contribution in [3.63, 3.8) is 0 Å². The smallest absolute Gasteiger partial charge is 0.338 e. The van der Waals surface area contributed by atoms with Crippen LogP contribution in [0.3, 0.4) is 0 Å². The molecule has 0 fully saturated rings. The summed E-state index contributed by atoms with van der Waals surface area (Å²) in [5, 5.41) is 12.5. The van der Waals surface area contributed by atoms with E-state index in [9.17, 15) is 14.9 Å². The van der Waals surface area contributed by atoms with Gasteiger partial charge in [0.2, 0.25) is 0 Å². The SMILES string of the molecule is CCOC(=O)c1ccccc1C(=O)Nc1sc(C)c(C)c1C#N. The number of nitrogens with zero attached hydrogens (tertiary/aromatic N) is 1. The number of amides is 1. The number of hydrogen-bond donors (Lipinski definition) is 1. The Hall–Kier alpha value is -2.65. The number of nitriles is 1. The number of carbonyl (C=O) groups is 2. The van der Waals surface area contributed by atoms with Gasteiger partial charge in [-0.2, -0.15) is 5.26 Å². The van der Waals surface area contributed by atoms with Crippen LogP contribution >= 0.6 is 11.3 Å². The highest BCUT2D eigenvalue weighted by atomic mass is 32.1. The van der Waals surface area contributed by atoms with E-state index in [-0.39, 0.29) is 17.7 Å². The van der Waals surface area contributed by atoms with Crippen LogP contribution in [-0.2, 0) is 4.74 Å². The van der Waals surface area contributed by atoms with Crippen LogP contribution in [0.25, 0.3) is 0 Å². The van der Waals surface area contributed by atoms with Crippen LogP contribution < -0.4 is 5.32 Å². The molecule has 0 aliphatic carbocycles. The summed E-state index contributed by atoms with van der Waals surface area (Å²) < 4.78 is 4.97. The Labute approximate surface area is 138 Å². The summed E-state index contributed by atoms with van der Waals surface area (Å²) in [5.74, 6) is -0.983. The number of esters is 1. The Bertz CT molecular complexity index is 803. The van der Waals surface area contributed by atoms with E-state index in [0.29, 0.717) is 10.6 Å². The topological polar surface area (TPSA) is 79.2 Å². The molecule has 0 saturated carbocycles. The lowest BCUT2D eigenvalue weighted by molar-refractivity contribution is 0.0523. The number of rotatable bonds is 4. The lowest BCUT2D eigenvalue weighted by atomic mass is 10.1. The van der Waals surface area contributed by atoms with Gasteiger partial charge < -0.3 is 10.1 Å². The van der Waals surface area contributed by atoms with Crippen molar-refractivity contribution in [2.75, 3.05) is 11.9 Å². The third-order valence-corrected chi connectivity index (χ3v) is 4.51. The quantitative estimate of drug-likeness (QED) is 0.869. The van der Waals surface area contributed by atoms with Gasteiger partial charge in [-0.15, -0.1) is 11.3 Å². The third kappa shape index (κ3) is 3.41. The number of benzene rings is 1. The average molecular weight is 328 g/mol. The zero-order valence-corrected chi connectivity index (χ0v) is 13.9. The first-order chi connectivity index (χ1) is 11.0. The first-order valence-electron chi connectivity index (χ1n) is 7.07. The van der Waals surface area contributed by atoms with Crippen LogP contribution in [0.1, 0.15) is 43.6 Å². The zero-order chi connectivity index (χ0) is 17.0. The average Bonchev–Trinajstić information content (AvgIpc) is 2.81. The van der Waals surface area contributed by atoms with Crippen LogP contribution in [0.5, 0.6) is 0 Å². The predicted octanol–water partition coefficient (Wildman–Crippen LogP) is 3.67. The van der Waals surface area contributed by atoms with Gasteiger partial charge in [0.05, 0.1) is 23.3 Å². The molecule has 1 aromatic carbocycles. The first-order valence-corrected chi connectivity index (χ1v) is 7.88. The fourth-order valence-electron chi connectivity index (χ4n) is 2.09. The highest BCUT2D eigenvalue weighted by Crippen LogP contribution is 2.32. The minimum absolute atomic E-state index is 0.204. The lowest BCUT2D eigenvalue weighted by Crippen LogP contribution is -2.17. The Morgan fingerprint density at radius 3 is 2.52 bits per heavy atom. The minimum Gasteiger partial charge on any atom is -0.462 e. The second kappa shape index (κ2) is 7.07. The van der Waals surface area contributed by atoms with Crippen molar-refractivity contribution < 1.29 is 14.3 Å². The highest BCUT2D eigenvalue weighted by molar-refractivity contribution is 7.16. The molecule has 118 valence electrons. The van der Waals surface area contributed by atoms with Crippen LogP contribution in [0.15, 0.2) is 24.3 Å². The summed E-state index contributed by atoms with van der Waals surface area (Å²) in [6.07, 6.45) is 0. The van der Waals surface area contributed by atoms with Gasteiger partial charge in [0, 0.05) is 4.88 Å². The summed E-state index contributed by atoms with van der Waals surface area (Å²) in [7, 11) is 0. The highest BCUT2D eigenvalue weighted by Gasteiger charge is 2.20. The third-order valence-electron chi connectivity index (χ3n) is 3.39. The van der Waals surface area contributed by atoms with E-state index in [1.165, 1.54) is 11.3 Å². The van der Waals surface area contributed by atoms with E-state index in [1.54, 1.807) is 31.2 Å². The molecule has 2 aromatic rings. The van der Waals surface area contributed by atoms with Gasteiger partial charge in [0.1, 0.15) is 11.1 Å². The summed E-state index contributed by atoms with van der Waals surface area (Å²) in [5.41, 5.74) is 1.73. The number of anilines is 1. The number of nitrogens with one attached hydrogen (secondary N) is 1. The van der Waals surface area contributed by atoms with Crippen molar-refractivity contribution in [2.45, 2.75) is 20.8 Å². The van der Waals surface area contributed by atoms with Gasteiger partial charge in [-0.3, -0.25) is 4.79 Å². The fourth-order valence-corrected chi connectivity index (χ4v) is 3.09. The van der Waals surface area contributed by atoms with Gasteiger partial charge in [-0.25, -0.2) is 4.79 Å². The Morgan fingerprint density at radius 2 is 1.91 bits per heavy atom. The van der Waals surface area contributed by atoms with Crippen LogP contribution in [0, 0.1) is 25.2 Å². The van der Waals surface area contributed by atoms with E-state index in [4.69, 9.17) is 4.74 Å². The summed E-state index contributed by atoms with van der Waals surface area (Å²) in [4.78, 5) is 25.4. The Balaban J connectivity index is 2.34. The monoisotopic (exact) mass is 328 g/mol. The molecule has 6 heteroatoms. The largest absolute Gasteiger partial charge is 0.462 e. The van der Waals surface area contributed by atoms with Crippen molar-refractivity contribution in [3.8, 4) is 6.07 Å². The molecule has 0 aliphatic heterocycles. The van der Waals surface area contributed by atoms with Crippen molar-refractivity contribution in [2.24, 2.45) is 0 Å². The van der Waals surface area contributed by atoms with E-state index >= 15 is 0 Å². The minimum atomic E-state index is -0.544. The predicted molar refractivity (Wildman–Crippen MR) is 88.9 cm³/mol. The van der Waals surface area contributed by atoms with E-state index in [2.05, 4.69) is 11.4 Å². The van der Waals surface area contributed by atoms with Gasteiger partial charge in [-0.05, 0) is 38.5 Å². The number of hydrogen-bond acceptors (Lipinski definition) is 5. The van der Waals surface area contributed by atoms with Crippen LogP contribution in [0.2, 0.25) is 0 Å². The molecule has 23 heavy (non-hydrogen) atoms. The fraction of sp³-hybridized carbons (Fsp3) is 0.235. The number of aryl methyl sites for hydroxylation is 1. The van der Waals surface area contributed by atoms with Gasteiger partial charge in [0.15, 0.2) is 0 Å². The maximum Gasteiger partial charge on any atom is 0.338 e. The lowest BCUT2D eigenvalue weighted by Gasteiger charge is -2.08. The molecule has 1 N–H and O–H groups in total. The van der Waals surface area contributed by atoms with Crippen molar-refractivity contribution in [1.82, 2.24) is 0 Å². The van der Waals surface area contributed by atoms with Gasteiger partial charge in [-0.1, -0.05) is 12.1 Å². The standard InChI is InChI=1S/C17H16N2O3S/c1-4-22-17(21)13-8-6-5-7-12(13)15(20)19-16-14(9-18)10(2)11(3)23-16/h5-8H,4H2,1-3H3,(H,19,20). The van der Waals surface area contributed by atoms with Crippen LogP contribution in [-0.4, -0.2) is 18.5 Å². The molecular formula is C17H16N2O3S. The van der Waals surface area contributed by atoms with E-state index < -0.39 is 11.9 Å². The van der Waals surface area contributed by atoms with Gasteiger partial charge >= 0.3 is 5.97 Å². The van der Waals surface area contributed by atoms with Crippen LogP contribution in [0.4, 0.5) is 5.00 Å². The van der Waals surface area contributed by atoms with Gasteiger partial charge in [0.25, 0.3) is 5.91 Å². The molecular weight excluding hydrogens is 312 g/mol. The maximum atomic E-state index is 12.5. The van der Waals surface area contributed by atoms with Crippen molar-refractivity contribution in [1.29, 1.82) is 5.26 Å². The normalized spacial score (nSPS) is 10.0. The Morgan fingerprint density at radius 1 is 1.26 bits per heavy atom. The molecule has 0 spiro atoms. The summed E-state index contributed by atoms with van der Waals surface area (Å²) in [6, 6.07) is 8.55. The number of carbonyl (C=O) groups excluding carboxylic acids is 2. The summed E-state index contributed by atoms with van der Waals surface area (Å²) in [6.45, 7) is 5.67. The number of thiophene rings is 1. The molecule has 1 aromatic heterocycles. The second-order valence-electron chi connectivity index (χ2n) is 4.82. The van der Waals surface area contributed by atoms with E-state index in [1.807, 2.05) is 13.8 Å². The molecule has 0 saturated heterocycles. The summed E-state index contributed by atoms with van der Waals surface area (Å²) >= 11 is 1.34. The molecule has 0 atom stereocenters. The molecule has 0 aliphatic rings. The molecule has 1 heterocycles. The molecule has 5 nitrogen and oxygen atoms in total. The van der Waals surface area contributed by atoms with Crippen molar-refractivity contribution >= 4 is 28.2 Å². The molecule has 0 bridgehead atoms. The molecule has 1 amide bonds. The van der Waals surface area contributed by atoms with E-state index in [0.717, 1.165) is 10.4 Å². The second-order valence-corrected chi connectivity index (χ2v) is 6.04. The zero-order valence-electron chi connectivity index (χ0n) is 13.1.